The molecule has 2 N–H and O–H groups in total. The summed E-state index contributed by atoms with van der Waals surface area (Å²) in [7, 11) is 0. The lowest BCUT2D eigenvalue weighted by molar-refractivity contribution is -0.137. The Hall–Kier alpha value is -1.80. The van der Waals surface area contributed by atoms with Crippen LogP contribution in [0.1, 0.15) is 12.0 Å². The van der Waals surface area contributed by atoms with Crippen LogP contribution in [0.25, 0.3) is 0 Å². The number of ether oxygens (including phenoxy) is 1. The zero-order valence-electron chi connectivity index (χ0n) is 13.4. The van der Waals surface area contributed by atoms with Crippen molar-refractivity contribution in [3.05, 3.63) is 29.8 Å². The quantitative estimate of drug-likeness (QED) is 0.736. The fourth-order valence-corrected chi connectivity index (χ4v) is 2.43. The standard InChI is InChI=1S/C16H22F3N3O2/c17-16(18,19)13-3-1-4-14(11-13)24-12-15(23)21-5-2-8-22-9-6-20-7-10-22/h1,3-4,11,20H,2,5-10,12H2,(H,21,23). The fourth-order valence-electron chi connectivity index (χ4n) is 2.43. The number of hydrogen-bond donors (Lipinski definition) is 2. The average Bonchev–Trinajstić information content (AvgIpc) is 2.57. The zero-order valence-corrected chi connectivity index (χ0v) is 13.4. The number of hydrogen-bond acceptors (Lipinski definition) is 4. The lowest BCUT2D eigenvalue weighted by atomic mass is 10.2. The van der Waals surface area contributed by atoms with E-state index in [2.05, 4.69) is 15.5 Å². The predicted octanol–water partition coefficient (Wildman–Crippen LogP) is 1.50. The summed E-state index contributed by atoms with van der Waals surface area (Å²) >= 11 is 0. The highest BCUT2D eigenvalue weighted by molar-refractivity contribution is 5.77. The number of rotatable bonds is 7. The molecule has 24 heavy (non-hydrogen) atoms. The first-order valence-electron chi connectivity index (χ1n) is 7.95. The lowest BCUT2D eigenvalue weighted by Gasteiger charge is -2.27. The summed E-state index contributed by atoms with van der Waals surface area (Å²) in [6, 6.07) is 4.50. The van der Waals surface area contributed by atoms with Crippen LogP contribution in [-0.2, 0) is 11.0 Å². The van der Waals surface area contributed by atoms with Crippen molar-refractivity contribution in [2.24, 2.45) is 0 Å². The molecule has 0 atom stereocenters. The second-order valence-electron chi connectivity index (χ2n) is 5.61. The summed E-state index contributed by atoms with van der Waals surface area (Å²) in [5.41, 5.74) is -0.795. The molecule has 134 valence electrons. The van der Waals surface area contributed by atoms with Crippen LogP contribution < -0.4 is 15.4 Å². The molecule has 2 rings (SSSR count). The van der Waals surface area contributed by atoms with Gasteiger partial charge in [0.15, 0.2) is 6.61 Å². The van der Waals surface area contributed by atoms with E-state index in [1.165, 1.54) is 12.1 Å². The summed E-state index contributed by atoms with van der Waals surface area (Å²) in [6.45, 7) is 5.12. The van der Waals surface area contributed by atoms with Crippen molar-refractivity contribution in [2.45, 2.75) is 12.6 Å². The third-order valence-corrected chi connectivity index (χ3v) is 3.71. The summed E-state index contributed by atoms with van der Waals surface area (Å²) in [5, 5.41) is 5.98. The molecule has 8 heteroatoms. The maximum Gasteiger partial charge on any atom is 0.416 e. The highest BCUT2D eigenvalue weighted by Gasteiger charge is 2.30. The molecular formula is C16H22F3N3O2. The van der Waals surface area contributed by atoms with Crippen LogP contribution in [0, 0.1) is 0 Å². The number of amides is 1. The summed E-state index contributed by atoms with van der Waals surface area (Å²) in [5.74, 6) is -0.312. The summed E-state index contributed by atoms with van der Waals surface area (Å²) in [6.07, 6.45) is -3.60. The van der Waals surface area contributed by atoms with Crippen LogP contribution >= 0.6 is 0 Å². The van der Waals surface area contributed by atoms with Crippen LogP contribution in [0.2, 0.25) is 0 Å². The molecule has 0 bridgehead atoms. The summed E-state index contributed by atoms with van der Waals surface area (Å²) in [4.78, 5) is 14.0. The van der Waals surface area contributed by atoms with Crippen LogP contribution in [0.4, 0.5) is 13.2 Å². The van der Waals surface area contributed by atoms with E-state index in [-0.39, 0.29) is 18.3 Å². The lowest BCUT2D eigenvalue weighted by Crippen LogP contribution is -2.44. The third-order valence-electron chi connectivity index (χ3n) is 3.71. The Balaban J connectivity index is 1.64. The van der Waals surface area contributed by atoms with Gasteiger partial charge in [0.25, 0.3) is 5.91 Å². The van der Waals surface area contributed by atoms with Crippen molar-refractivity contribution in [1.82, 2.24) is 15.5 Å². The Labute approximate surface area is 139 Å². The second kappa shape index (κ2) is 8.89. The van der Waals surface area contributed by atoms with Gasteiger partial charge in [0, 0.05) is 32.7 Å². The third kappa shape index (κ3) is 6.37. The largest absolute Gasteiger partial charge is 0.484 e. The number of alkyl halides is 3. The molecule has 0 aromatic heterocycles. The first kappa shape index (κ1) is 18.5. The van der Waals surface area contributed by atoms with E-state index in [0.717, 1.165) is 51.3 Å². The number of carbonyl (C=O) groups excluding carboxylic acids is 1. The minimum Gasteiger partial charge on any atom is -0.484 e. The minimum absolute atomic E-state index is 0.0285. The van der Waals surface area contributed by atoms with Gasteiger partial charge in [-0.3, -0.25) is 4.79 Å². The van der Waals surface area contributed by atoms with Crippen molar-refractivity contribution >= 4 is 5.91 Å². The smallest absolute Gasteiger partial charge is 0.416 e. The number of carbonyl (C=O) groups is 1. The van der Waals surface area contributed by atoms with Crippen molar-refractivity contribution in [3.63, 3.8) is 0 Å². The molecule has 1 aliphatic heterocycles. The Morgan fingerprint density at radius 1 is 1.29 bits per heavy atom. The molecule has 1 aromatic rings. The van der Waals surface area contributed by atoms with Gasteiger partial charge in [-0.1, -0.05) is 6.07 Å². The maximum atomic E-state index is 12.6. The molecule has 1 fully saturated rings. The highest BCUT2D eigenvalue weighted by atomic mass is 19.4. The van der Waals surface area contributed by atoms with Gasteiger partial charge in [-0.15, -0.1) is 0 Å². The van der Waals surface area contributed by atoms with Gasteiger partial charge in [-0.05, 0) is 31.2 Å². The normalized spacial score (nSPS) is 16.0. The molecule has 0 unspecified atom stereocenters. The Bertz CT molecular complexity index is 532. The van der Waals surface area contributed by atoms with Crippen LogP contribution in [-0.4, -0.2) is 56.7 Å². The fraction of sp³-hybridized carbons (Fsp3) is 0.562. The number of nitrogens with one attached hydrogen (secondary N) is 2. The number of halogens is 3. The molecule has 0 radical (unpaired) electrons. The SMILES string of the molecule is O=C(COc1cccc(C(F)(F)F)c1)NCCCN1CCNCC1. The van der Waals surface area contributed by atoms with E-state index in [1.54, 1.807) is 0 Å². The van der Waals surface area contributed by atoms with E-state index in [9.17, 15) is 18.0 Å². The van der Waals surface area contributed by atoms with Gasteiger partial charge in [0.05, 0.1) is 5.56 Å². The second-order valence-corrected chi connectivity index (χ2v) is 5.61. The highest BCUT2D eigenvalue weighted by Crippen LogP contribution is 2.31. The molecule has 1 aliphatic rings. The Morgan fingerprint density at radius 2 is 2.04 bits per heavy atom. The van der Waals surface area contributed by atoms with Crippen molar-refractivity contribution < 1.29 is 22.7 Å². The maximum absolute atomic E-state index is 12.6. The molecule has 0 aliphatic carbocycles. The molecule has 1 aromatic carbocycles. The van der Waals surface area contributed by atoms with E-state index >= 15 is 0 Å². The van der Waals surface area contributed by atoms with Crippen LogP contribution in [0.3, 0.4) is 0 Å². The molecular weight excluding hydrogens is 323 g/mol. The van der Waals surface area contributed by atoms with E-state index < -0.39 is 11.7 Å². The molecule has 1 heterocycles. The minimum atomic E-state index is -4.42. The summed E-state index contributed by atoms with van der Waals surface area (Å²) < 4.78 is 42.9. The monoisotopic (exact) mass is 345 g/mol. The number of piperazine rings is 1. The average molecular weight is 345 g/mol. The molecule has 1 amide bonds. The topological polar surface area (TPSA) is 53.6 Å². The molecule has 5 nitrogen and oxygen atoms in total. The van der Waals surface area contributed by atoms with Gasteiger partial charge >= 0.3 is 6.18 Å². The number of nitrogens with zero attached hydrogens (tertiary/aromatic N) is 1. The first-order chi connectivity index (χ1) is 11.4. The van der Waals surface area contributed by atoms with E-state index in [0.29, 0.717) is 6.54 Å². The molecule has 1 saturated heterocycles. The molecule has 0 spiro atoms. The zero-order chi connectivity index (χ0) is 17.4. The van der Waals surface area contributed by atoms with E-state index in [4.69, 9.17) is 4.74 Å². The van der Waals surface area contributed by atoms with Crippen molar-refractivity contribution in [3.8, 4) is 5.75 Å². The molecule has 0 saturated carbocycles. The van der Waals surface area contributed by atoms with Gasteiger partial charge in [-0.25, -0.2) is 0 Å². The Kier molecular flexibility index (Phi) is 6.86. The Morgan fingerprint density at radius 3 is 2.75 bits per heavy atom. The van der Waals surface area contributed by atoms with Gasteiger partial charge < -0.3 is 20.3 Å². The van der Waals surface area contributed by atoms with Gasteiger partial charge in [0.2, 0.25) is 0 Å². The predicted molar refractivity (Wildman–Crippen MR) is 83.9 cm³/mol. The van der Waals surface area contributed by atoms with Crippen LogP contribution in [0.15, 0.2) is 24.3 Å². The number of benzene rings is 1. The van der Waals surface area contributed by atoms with E-state index in [1.807, 2.05) is 0 Å². The van der Waals surface area contributed by atoms with Gasteiger partial charge in [-0.2, -0.15) is 13.2 Å². The van der Waals surface area contributed by atoms with Crippen LogP contribution in [0.5, 0.6) is 5.75 Å². The van der Waals surface area contributed by atoms with Gasteiger partial charge in [0.1, 0.15) is 5.75 Å². The van der Waals surface area contributed by atoms with Crippen molar-refractivity contribution in [2.75, 3.05) is 45.9 Å². The van der Waals surface area contributed by atoms with Crippen molar-refractivity contribution in [1.29, 1.82) is 0 Å². The first-order valence-corrected chi connectivity index (χ1v) is 7.95.